The standard InChI is InChI=1S/C19H32N4O2/c1-6-22(7-2)18-10-8-17(9-11-18)20-19(25)12-13-23(16(3)24)15-14-21(4)5/h8-11H,6-7,12-15H2,1-5H3,(H,20,25). The summed E-state index contributed by atoms with van der Waals surface area (Å²) in [7, 11) is 3.93. The molecule has 0 radical (unpaired) electrons. The smallest absolute Gasteiger partial charge is 0.226 e. The van der Waals surface area contributed by atoms with E-state index in [1.807, 2.05) is 43.3 Å². The molecule has 2 amide bonds. The minimum absolute atomic E-state index is 0.00164. The van der Waals surface area contributed by atoms with Crippen LogP contribution in [0.15, 0.2) is 24.3 Å². The van der Waals surface area contributed by atoms with Crippen LogP contribution in [0, 0.1) is 0 Å². The molecule has 1 rings (SSSR count). The molecule has 0 fully saturated rings. The van der Waals surface area contributed by atoms with Crippen molar-refractivity contribution in [2.45, 2.75) is 27.2 Å². The zero-order valence-electron chi connectivity index (χ0n) is 16.2. The summed E-state index contributed by atoms with van der Waals surface area (Å²) in [6, 6.07) is 7.86. The van der Waals surface area contributed by atoms with Crippen LogP contribution in [0.5, 0.6) is 0 Å². The SMILES string of the molecule is CCN(CC)c1ccc(NC(=O)CCN(CCN(C)C)C(C)=O)cc1. The Hall–Kier alpha value is -2.08. The average molecular weight is 348 g/mol. The Balaban J connectivity index is 2.51. The highest BCUT2D eigenvalue weighted by atomic mass is 16.2. The van der Waals surface area contributed by atoms with E-state index in [-0.39, 0.29) is 11.8 Å². The number of anilines is 2. The molecule has 140 valence electrons. The van der Waals surface area contributed by atoms with Gasteiger partial charge in [-0.2, -0.15) is 0 Å². The number of likely N-dealkylation sites (N-methyl/N-ethyl adjacent to an activating group) is 1. The first kappa shape index (κ1) is 21.0. The first-order valence-corrected chi connectivity index (χ1v) is 8.92. The van der Waals surface area contributed by atoms with Crippen LogP contribution in [0.2, 0.25) is 0 Å². The van der Waals surface area contributed by atoms with E-state index in [2.05, 4.69) is 24.1 Å². The van der Waals surface area contributed by atoms with Crippen molar-refractivity contribution >= 4 is 23.2 Å². The molecule has 0 unspecified atom stereocenters. The summed E-state index contributed by atoms with van der Waals surface area (Å²) in [5, 5.41) is 2.90. The van der Waals surface area contributed by atoms with E-state index in [9.17, 15) is 9.59 Å². The lowest BCUT2D eigenvalue weighted by Gasteiger charge is -2.23. The van der Waals surface area contributed by atoms with Crippen molar-refractivity contribution in [3.05, 3.63) is 24.3 Å². The number of benzene rings is 1. The van der Waals surface area contributed by atoms with Crippen LogP contribution < -0.4 is 10.2 Å². The molecular weight excluding hydrogens is 316 g/mol. The summed E-state index contributed by atoms with van der Waals surface area (Å²) in [5.74, 6) is -0.0788. The van der Waals surface area contributed by atoms with Crippen LogP contribution in [-0.2, 0) is 9.59 Å². The number of amides is 2. The molecule has 0 aromatic heterocycles. The first-order chi connectivity index (χ1) is 11.9. The third-order valence-corrected chi connectivity index (χ3v) is 4.15. The second-order valence-corrected chi connectivity index (χ2v) is 6.33. The minimum atomic E-state index is -0.0771. The quantitative estimate of drug-likeness (QED) is 0.705. The molecule has 1 aromatic carbocycles. The van der Waals surface area contributed by atoms with Gasteiger partial charge in [0.05, 0.1) is 0 Å². The molecule has 0 aliphatic rings. The molecule has 0 bridgehead atoms. The third-order valence-electron chi connectivity index (χ3n) is 4.15. The summed E-state index contributed by atoms with van der Waals surface area (Å²) in [6.07, 6.45) is 0.296. The highest BCUT2D eigenvalue weighted by molar-refractivity contribution is 5.91. The van der Waals surface area contributed by atoms with E-state index in [1.54, 1.807) is 11.8 Å². The maximum atomic E-state index is 12.1. The maximum Gasteiger partial charge on any atom is 0.226 e. The van der Waals surface area contributed by atoms with Crippen molar-refractivity contribution in [1.82, 2.24) is 9.80 Å². The number of hydrogen-bond acceptors (Lipinski definition) is 4. The summed E-state index contributed by atoms with van der Waals surface area (Å²) in [4.78, 5) is 29.8. The number of hydrogen-bond donors (Lipinski definition) is 1. The van der Waals surface area contributed by atoms with Gasteiger partial charge in [-0.05, 0) is 52.2 Å². The largest absolute Gasteiger partial charge is 0.372 e. The summed E-state index contributed by atoms with van der Waals surface area (Å²) in [5.41, 5.74) is 1.93. The monoisotopic (exact) mass is 348 g/mol. The molecule has 1 aromatic rings. The topological polar surface area (TPSA) is 55.9 Å². The molecule has 6 heteroatoms. The lowest BCUT2D eigenvalue weighted by Crippen LogP contribution is -2.37. The third kappa shape index (κ3) is 7.56. The molecule has 0 spiro atoms. The molecule has 0 atom stereocenters. The van der Waals surface area contributed by atoms with Crippen molar-refractivity contribution in [2.75, 3.05) is 57.0 Å². The Kier molecular flexibility index (Phi) is 8.99. The van der Waals surface area contributed by atoms with Crippen molar-refractivity contribution < 1.29 is 9.59 Å². The Morgan fingerprint density at radius 1 is 0.960 bits per heavy atom. The van der Waals surface area contributed by atoms with Gasteiger partial charge in [0.15, 0.2) is 0 Å². The van der Waals surface area contributed by atoms with E-state index in [0.717, 1.165) is 31.0 Å². The normalized spacial score (nSPS) is 10.6. The Morgan fingerprint density at radius 3 is 2.04 bits per heavy atom. The van der Waals surface area contributed by atoms with Crippen molar-refractivity contribution in [3.63, 3.8) is 0 Å². The van der Waals surface area contributed by atoms with E-state index < -0.39 is 0 Å². The summed E-state index contributed by atoms with van der Waals surface area (Å²) >= 11 is 0. The molecular formula is C19H32N4O2. The van der Waals surface area contributed by atoms with Gasteiger partial charge in [0.1, 0.15) is 0 Å². The second kappa shape index (κ2) is 10.7. The van der Waals surface area contributed by atoms with Crippen molar-refractivity contribution in [2.24, 2.45) is 0 Å². The fraction of sp³-hybridized carbons (Fsp3) is 0.579. The molecule has 0 aliphatic heterocycles. The van der Waals surface area contributed by atoms with Crippen molar-refractivity contribution in [1.29, 1.82) is 0 Å². The number of nitrogens with zero attached hydrogens (tertiary/aromatic N) is 3. The van der Waals surface area contributed by atoms with Gasteiger partial charge in [0.2, 0.25) is 11.8 Å². The first-order valence-electron chi connectivity index (χ1n) is 8.92. The van der Waals surface area contributed by atoms with Crippen LogP contribution in [0.1, 0.15) is 27.2 Å². The van der Waals surface area contributed by atoms with Gasteiger partial charge >= 0.3 is 0 Å². The van der Waals surface area contributed by atoms with Crippen LogP contribution in [0.3, 0.4) is 0 Å². The van der Waals surface area contributed by atoms with Gasteiger partial charge in [0.25, 0.3) is 0 Å². The zero-order valence-corrected chi connectivity index (χ0v) is 16.2. The number of carbonyl (C=O) groups excluding carboxylic acids is 2. The molecule has 1 N–H and O–H groups in total. The Morgan fingerprint density at radius 2 is 1.56 bits per heavy atom. The van der Waals surface area contributed by atoms with E-state index in [0.29, 0.717) is 19.5 Å². The number of rotatable bonds is 10. The molecule has 0 heterocycles. The molecule has 6 nitrogen and oxygen atoms in total. The lowest BCUT2D eigenvalue weighted by molar-refractivity contribution is -0.129. The van der Waals surface area contributed by atoms with Crippen molar-refractivity contribution in [3.8, 4) is 0 Å². The van der Waals surface area contributed by atoms with E-state index in [1.165, 1.54) is 0 Å². The second-order valence-electron chi connectivity index (χ2n) is 6.33. The molecule has 0 aliphatic carbocycles. The minimum Gasteiger partial charge on any atom is -0.372 e. The van der Waals surface area contributed by atoms with Gasteiger partial charge in [-0.25, -0.2) is 0 Å². The van der Waals surface area contributed by atoms with Crippen LogP contribution in [-0.4, -0.2) is 68.4 Å². The summed E-state index contributed by atoms with van der Waals surface area (Å²) in [6.45, 7) is 9.55. The Labute approximate surface area is 151 Å². The lowest BCUT2D eigenvalue weighted by atomic mass is 10.2. The van der Waals surface area contributed by atoms with E-state index in [4.69, 9.17) is 0 Å². The van der Waals surface area contributed by atoms with Gasteiger partial charge in [-0.3, -0.25) is 9.59 Å². The Bertz CT molecular complexity index is 539. The molecule has 0 saturated carbocycles. The predicted octanol–water partition coefficient (Wildman–Crippen LogP) is 2.27. The molecule has 25 heavy (non-hydrogen) atoms. The van der Waals surface area contributed by atoms with Gasteiger partial charge < -0.3 is 20.0 Å². The van der Waals surface area contributed by atoms with Gasteiger partial charge in [0, 0.05) is 57.4 Å². The van der Waals surface area contributed by atoms with Crippen LogP contribution >= 0.6 is 0 Å². The fourth-order valence-corrected chi connectivity index (χ4v) is 2.55. The summed E-state index contributed by atoms with van der Waals surface area (Å²) < 4.78 is 0. The average Bonchev–Trinajstić information content (AvgIpc) is 2.56. The highest BCUT2D eigenvalue weighted by Gasteiger charge is 2.11. The molecule has 0 saturated heterocycles. The van der Waals surface area contributed by atoms with Crippen LogP contribution in [0.4, 0.5) is 11.4 Å². The fourth-order valence-electron chi connectivity index (χ4n) is 2.55. The zero-order chi connectivity index (χ0) is 18.8. The highest BCUT2D eigenvalue weighted by Crippen LogP contribution is 2.17. The maximum absolute atomic E-state index is 12.1. The van der Waals surface area contributed by atoms with Gasteiger partial charge in [-0.1, -0.05) is 0 Å². The number of nitrogens with one attached hydrogen (secondary N) is 1. The van der Waals surface area contributed by atoms with Crippen LogP contribution in [0.25, 0.3) is 0 Å². The van der Waals surface area contributed by atoms with Gasteiger partial charge in [-0.15, -0.1) is 0 Å². The number of carbonyl (C=O) groups is 2. The predicted molar refractivity (Wildman–Crippen MR) is 104 cm³/mol. The van der Waals surface area contributed by atoms with E-state index >= 15 is 0 Å².